The lowest BCUT2D eigenvalue weighted by Crippen LogP contribution is -2.40. The van der Waals surface area contributed by atoms with Crippen molar-refractivity contribution >= 4 is 11.8 Å². The first kappa shape index (κ1) is 18.5. The van der Waals surface area contributed by atoms with Crippen molar-refractivity contribution < 1.29 is 9.59 Å². The highest BCUT2D eigenvalue weighted by Crippen LogP contribution is 2.29. The maximum atomic E-state index is 12.5. The largest absolute Gasteiger partial charge is 0.353 e. The molecule has 0 bridgehead atoms. The summed E-state index contributed by atoms with van der Waals surface area (Å²) in [6.45, 7) is 6.11. The zero-order chi connectivity index (χ0) is 17.5. The molecule has 0 saturated heterocycles. The molecular weight excluding hydrogens is 300 g/mol. The minimum Gasteiger partial charge on any atom is -0.353 e. The molecule has 1 saturated carbocycles. The van der Waals surface area contributed by atoms with E-state index in [0.29, 0.717) is 0 Å². The topological polar surface area (TPSA) is 58.2 Å². The molecular formula is C20H30N2O2. The zero-order valence-corrected chi connectivity index (χ0v) is 15.0. The molecule has 2 unspecified atom stereocenters. The van der Waals surface area contributed by atoms with Crippen LogP contribution in [0, 0.1) is 11.8 Å². The van der Waals surface area contributed by atoms with E-state index in [2.05, 4.69) is 17.6 Å². The number of benzene rings is 1. The Kier molecular flexibility index (Phi) is 6.83. The molecule has 4 heteroatoms. The Balaban J connectivity index is 1.79. The van der Waals surface area contributed by atoms with Crippen LogP contribution in [0.4, 0.5) is 0 Å². The molecule has 2 amide bonds. The standard InChI is InChI=1S/C20H30N2O2/c1-4-14(2)21-19(23)17-10-12-18(13-11-17)20(24)22-15(3)16-8-6-5-7-9-16/h5-9,14-15,17-18H,4,10-13H2,1-3H3,(H,21,23)(H,22,24). The highest BCUT2D eigenvalue weighted by molar-refractivity contribution is 5.81. The monoisotopic (exact) mass is 330 g/mol. The molecule has 2 rings (SSSR count). The zero-order valence-electron chi connectivity index (χ0n) is 15.0. The second-order valence-electron chi connectivity index (χ2n) is 7.01. The number of rotatable bonds is 6. The van der Waals surface area contributed by atoms with E-state index in [-0.39, 0.29) is 35.7 Å². The summed E-state index contributed by atoms with van der Waals surface area (Å²) < 4.78 is 0. The van der Waals surface area contributed by atoms with Gasteiger partial charge < -0.3 is 10.6 Å². The van der Waals surface area contributed by atoms with Crippen LogP contribution in [0.5, 0.6) is 0 Å². The molecule has 1 fully saturated rings. The molecule has 4 nitrogen and oxygen atoms in total. The van der Waals surface area contributed by atoms with E-state index in [4.69, 9.17) is 0 Å². The molecule has 2 atom stereocenters. The number of hydrogen-bond donors (Lipinski definition) is 2. The lowest BCUT2D eigenvalue weighted by molar-refractivity contribution is -0.131. The van der Waals surface area contributed by atoms with Crippen LogP contribution >= 0.6 is 0 Å². The fourth-order valence-corrected chi connectivity index (χ4v) is 3.24. The van der Waals surface area contributed by atoms with Crippen molar-refractivity contribution in [3.05, 3.63) is 35.9 Å². The Morgan fingerprint density at radius 2 is 1.46 bits per heavy atom. The van der Waals surface area contributed by atoms with Gasteiger partial charge in [-0.3, -0.25) is 9.59 Å². The average molecular weight is 330 g/mol. The smallest absolute Gasteiger partial charge is 0.223 e. The van der Waals surface area contributed by atoms with Crippen molar-refractivity contribution in [2.45, 2.75) is 65.0 Å². The highest BCUT2D eigenvalue weighted by Gasteiger charge is 2.30. The number of hydrogen-bond acceptors (Lipinski definition) is 2. The molecule has 2 N–H and O–H groups in total. The number of amides is 2. The lowest BCUT2D eigenvalue weighted by Gasteiger charge is -2.29. The van der Waals surface area contributed by atoms with Gasteiger partial charge in [-0.15, -0.1) is 0 Å². The van der Waals surface area contributed by atoms with Crippen LogP contribution in [0.15, 0.2) is 30.3 Å². The van der Waals surface area contributed by atoms with Crippen LogP contribution in [-0.2, 0) is 9.59 Å². The molecule has 0 aromatic heterocycles. The van der Waals surface area contributed by atoms with E-state index in [1.807, 2.05) is 44.2 Å². The molecule has 0 heterocycles. The van der Waals surface area contributed by atoms with Gasteiger partial charge in [0.15, 0.2) is 0 Å². The molecule has 1 aliphatic rings. The maximum Gasteiger partial charge on any atom is 0.223 e. The molecule has 24 heavy (non-hydrogen) atoms. The molecule has 1 aromatic carbocycles. The van der Waals surface area contributed by atoms with Crippen molar-refractivity contribution in [2.75, 3.05) is 0 Å². The summed E-state index contributed by atoms with van der Waals surface area (Å²) >= 11 is 0. The summed E-state index contributed by atoms with van der Waals surface area (Å²) in [5, 5.41) is 6.17. The molecule has 0 radical (unpaired) electrons. The first-order valence-corrected chi connectivity index (χ1v) is 9.17. The number of carbonyl (C=O) groups excluding carboxylic acids is 2. The second-order valence-corrected chi connectivity index (χ2v) is 7.01. The van der Waals surface area contributed by atoms with Gasteiger partial charge in [0.25, 0.3) is 0 Å². The van der Waals surface area contributed by atoms with E-state index < -0.39 is 0 Å². The normalized spacial score (nSPS) is 23.1. The van der Waals surface area contributed by atoms with Gasteiger partial charge in [0.05, 0.1) is 6.04 Å². The number of carbonyl (C=O) groups is 2. The Bertz CT molecular complexity index is 536. The minimum absolute atomic E-state index is 0.0186. The van der Waals surface area contributed by atoms with Gasteiger partial charge in [0.1, 0.15) is 0 Å². The van der Waals surface area contributed by atoms with E-state index in [9.17, 15) is 9.59 Å². The maximum absolute atomic E-state index is 12.5. The third kappa shape index (κ3) is 5.08. The summed E-state index contributed by atoms with van der Waals surface area (Å²) in [6.07, 6.45) is 4.15. The van der Waals surface area contributed by atoms with Crippen LogP contribution in [0.25, 0.3) is 0 Å². The third-order valence-corrected chi connectivity index (χ3v) is 5.13. The molecule has 0 spiro atoms. The molecule has 0 aliphatic heterocycles. The lowest BCUT2D eigenvalue weighted by atomic mass is 9.81. The van der Waals surface area contributed by atoms with Crippen LogP contribution in [0.1, 0.15) is 64.5 Å². The van der Waals surface area contributed by atoms with Crippen LogP contribution in [0.3, 0.4) is 0 Å². The van der Waals surface area contributed by atoms with Gasteiger partial charge in [-0.2, -0.15) is 0 Å². The quantitative estimate of drug-likeness (QED) is 0.837. The van der Waals surface area contributed by atoms with Crippen molar-refractivity contribution in [3.8, 4) is 0 Å². The SMILES string of the molecule is CCC(C)NC(=O)C1CCC(C(=O)NC(C)c2ccccc2)CC1. The van der Waals surface area contributed by atoms with Gasteiger partial charge in [0, 0.05) is 17.9 Å². The van der Waals surface area contributed by atoms with Crippen LogP contribution < -0.4 is 10.6 Å². The van der Waals surface area contributed by atoms with Crippen LogP contribution in [0.2, 0.25) is 0 Å². The van der Waals surface area contributed by atoms with Crippen LogP contribution in [-0.4, -0.2) is 17.9 Å². The summed E-state index contributed by atoms with van der Waals surface area (Å²) in [4.78, 5) is 24.7. The van der Waals surface area contributed by atoms with Gasteiger partial charge >= 0.3 is 0 Å². The highest BCUT2D eigenvalue weighted by atomic mass is 16.2. The summed E-state index contributed by atoms with van der Waals surface area (Å²) in [7, 11) is 0. The summed E-state index contributed by atoms with van der Waals surface area (Å²) in [5.74, 6) is 0.367. The van der Waals surface area contributed by atoms with E-state index in [1.165, 1.54) is 0 Å². The Morgan fingerprint density at radius 1 is 0.958 bits per heavy atom. The van der Waals surface area contributed by atoms with E-state index in [0.717, 1.165) is 37.7 Å². The minimum atomic E-state index is 0.0186. The van der Waals surface area contributed by atoms with Crippen molar-refractivity contribution in [1.29, 1.82) is 0 Å². The summed E-state index contributed by atoms with van der Waals surface area (Å²) in [6, 6.07) is 10.2. The second kappa shape index (κ2) is 8.86. The summed E-state index contributed by atoms with van der Waals surface area (Å²) in [5.41, 5.74) is 1.12. The third-order valence-electron chi connectivity index (χ3n) is 5.13. The first-order chi connectivity index (χ1) is 11.5. The van der Waals surface area contributed by atoms with Gasteiger partial charge in [-0.05, 0) is 51.5 Å². The first-order valence-electron chi connectivity index (χ1n) is 9.17. The van der Waals surface area contributed by atoms with Crippen molar-refractivity contribution in [2.24, 2.45) is 11.8 Å². The van der Waals surface area contributed by atoms with Crippen molar-refractivity contribution in [3.63, 3.8) is 0 Å². The number of nitrogens with one attached hydrogen (secondary N) is 2. The van der Waals surface area contributed by atoms with E-state index in [1.54, 1.807) is 0 Å². The predicted molar refractivity (Wildman–Crippen MR) is 96.3 cm³/mol. The predicted octanol–water partition coefficient (Wildman–Crippen LogP) is 3.58. The van der Waals surface area contributed by atoms with E-state index >= 15 is 0 Å². The fraction of sp³-hybridized carbons (Fsp3) is 0.600. The molecule has 1 aliphatic carbocycles. The average Bonchev–Trinajstić information content (AvgIpc) is 2.62. The van der Waals surface area contributed by atoms with Gasteiger partial charge in [-0.1, -0.05) is 37.3 Å². The molecule has 1 aromatic rings. The Morgan fingerprint density at radius 3 is 1.96 bits per heavy atom. The Hall–Kier alpha value is -1.84. The van der Waals surface area contributed by atoms with Gasteiger partial charge in [0.2, 0.25) is 11.8 Å². The fourth-order valence-electron chi connectivity index (χ4n) is 3.24. The Labute approximate surface area is 145 Å². The van der Waals surface area contributed by atoms with Gasteiger partial charge in [-0.25, -0.2) is 0 Å². The molecule has 132 valence electrons. The van der Waals surface area contributed by atoms with Crippen molar-refractivity contribution in [1.82, 2.24) is 10.6 Å².